The van der Waals surface area contributed by atoms with Crippen LogP contribution in [-0.4, -0.2) is 0 Å². The Balaban J connectivity index is 4.91. The molecule has 0 N–H and O–H groups in total. The van der Waals surface area contributed by atoms with E-state index >= 15 is 0 Å². The van der Waals surface area contributed by atoms with Crippen molar-refractivity contribution in [2.45, 2.75) is 0 Å². The van der Waals surface area contributed by atoms with Crippen LogP contribution in [0.1, 0.15) is 0 Å². The normalized spacial score (nSPS) is 16.9. The number of hydrogen-bond acceptors (Lipinski definition) is 7. The van der Waals surface area contributed by atoms with Gasteiger partial charge in [-0.05, 0) is 0 Å². The SMILES string of the molecule is [O]=[Cu](=[O])(=[O])[O][Cu](=[O])(=[O])=[O]. The van der Waals surface area contributed by atoms with Crippen molar-refractivity contribution >= 4 is 0 Å². The van der Waals surface area contributed by atoms with Gasteiger partial charge in [0.05, 0.1) is 0 Å². The average Bonchev–Trinajstić information content (AvgIpc) is 1.14. The van der Waals surface area contributed by atoms with Crippen LogP contribution in [0, 0.1) is 0 Å². The van der Waals surface area contributed by atoms with Gasteiger partial charge in [-0.25, -0.2) is 0 Å². The average molecular weight is 239 g/mol. The van der Waals surface area contributed by atoms with Gasteiger partial charge in [0.15, 0.2) is 0 Å². The first-order valence-electron chi connectivity index (χ1n) is 0.985. The van der Waals surface area contributed by atoms with Crippen molar-refractivity contribution in [3.8, 4) is 0 Å². The molecule has 0 bridgehead atoms. The summed E-state index contributed by atoms with van der Waals surface area (Å²) in [5.74, 6) is 0. The molecule has 0 saturated carbocycles. The van der Waals surface area contributed by atoms with Crippen molar-refractivity contribution < 1.29 is 51.9 Å². The Morgan fingerprint density at radius 3 is 0.889 bits per heavy atom. The van der Waals surface area contributed by atoms with Crippen LogP contribution in [0.5, 0.6) is 0 Å². The Morgan fingerprint density at radius 2 is 0.889 bits per heavy atom. The summed E-state index contributed by atoms with van der Waals surface area (Å²) in [5, 5.41) is 0. The van der Waals surface area contributed by atoms with Gasteiger partial charge < -0.3 is 0 Å². The van der Waals surface area contributed by atoms with Crippen LogP contribution >= 0.6 is 0 Å². The second-order valence-corrected chi connectivity index (χ2v) is 3.12. The molecule has 0 fully saturated rings. The molecule has 0 aromatic carbocycles. The first-order valence-corrected chi connectivity index (χ1v) is 4.06. The Kier molecular flexibility index (Phi) is 2.15. The molecular formula is Cu2O7. The van der Waals surface area contributed by atoms with Gasteiger partial charge in [-0.3, -0.25) is 0 Å². The van der Waals surface area contributed by atoms with Gasteiger partial charge in [-0.2, -0.15) is 0 Å². The van der Waals surface area contributed by atoms with Crippen molar-refractivity contribution in [3.05, 3.63) is 0 Å². The molecule has 0 aromatic heterocycles. The number of rotatable bonds is 2. The summed E-state index contributed by atoms with van der Waals surface area (Å²) in [7, 11) is 0. The molecule has 0 radical (unpaired) electrons. The van der Waals surface area contributed by atoms with Crippen LogP contribution in [0.2, 0.25) is 0 Å². The van der Waals surface area contributed by atoms with Gasteiger partial charge >= 0.3 is 51.9 Å². The van der Waals surface area contributed by atoms with Crippen LogP contribution in [-0.2, 0) is 51.9 Å². The monoisotopic (exact) mass is 238 g/mol. The second-order valence-electron chi connectivity index (χ2n) is 0.640. The first kappa shape index (κ1) is 8.80. The summed E-state index contributed by atoms with van der Waals surface area (Å²) in [6.07, 6.45) is 0. The van der Waals surface area contributed by atoms with Gasteiger partial charge in [0.1, 0.15) is 0 Å². The molecule has 0 aliphatic carbocycles. The Bertz CT molecular complexity index is 305. The summed E-state index contributed by atoms with van der Waals surface area (Å²) in [5.41, 5.74) is 0. The van der Waals surface area contributed by atoms with Gasteiger partial charge in [0, 0.05) is 0 Å². The van der Waals surface area contributed by atoms with Crippen molar-refractivity contribution in [1.29, 1.82) is 0 Å². The molecule has 64 valence electrons. The van der Waals surface area contributed by atoms with E-state index in [2.05, 4.69) is 2.90 Å². The fourth-order valence-electron chi connectivity index (χ4n) is 0.0557. The molecule has 0 atom stereocenters. The molecule has 0 spiro atoms. The van der Waals surface area contributed by atoms with Crippen LogP contribution < -0.4 is 0 Å². The van der Waals surface area contributed by atoms with E-state index in [1.807, 2.05) is 0 Å². The Morgan fingerprint density at radius 1 is 0.667 bits per heavy atom. The Labute approximate surface area is 52.3 Å². The molecule has 7 nitrogen and oxygen atoms in total. The topological polar surface area (TPSA) is 112 Å². The molecule has 0 aromatic rings. The van der Waals surface area contributed by atoms with E-state index in [9.17, 15) is 23.0 Å². The standard InChI is InChI=1S/2Cu.7O. The fraction of sp³-hybridized carbons (Fsp3) is 0. The fourth-order valence-corrected chi connectivity index (χ4v) is 0.946. The summed E-state index contributed by atoms with van der Waals surface area (Å²) in [6.45, 7) is 0. The van der Waals surface area contributed by atoms with Crippen LogP contribution in [0.15, 0.2) is 0 Å². The molecule has 0 unspecified atom stereocenters. The zero-order valence-corrected chi connectivity index (χ0v) is 5.34. The third kappa shape index (κ3) is 7.80. The molecule has 0 saturated heterocycles. The van der Waals surface area contributed by atoms with E-state index in [4.69, 9.17) is 0 Å². The summed E-state index contributed by atoms with van der Waals surface area (Å²) in [6, 6.07) is 0. The van der Waals surface area contributed by atoms with Crippen LogP contribution in [0.3, 0.4) is 0 Å². The quantitative estimate of drug-likeness (QED) is 0.580. The zero-order valence-electron chi connectivity index (χ0n) is 3.46. The summed E-state index contributed by atoms with van der Waals surface area (Å²) in [4.78, 5) is 0. The minimum absolute atomic E-state index is 2.45. The summed E-state index contributed by atoms with van der Waals surface area (Å²) < 4.78 is 58.1. The van der Waals surface area contributed by atoms with E-state index in [-0.39, 0.29) is 0 Å². The molecule has 0 aliphatic rings. The predicted molar refractivity (Wildman–Crippen MR) is 5.20 cm³/mol. The van der Waals surface area contributed by atoms with E-state index in [0.717, 1.165) is 0 Å². The molecular weight excluding hydrogens is 239 g/mol. The summed E-state index contributed by atoms with van der Waals surface area (Å²) >= 11 is -10.8. The molecule has 0 aliphatic heterocycles. The maximum absolute atomic E-state index is 9.28. The van der Waals surface area contributed by atoms with Gasteiger partial charge in [0.25, 0.3) is 0 Å². The van der Waals surface area contributed by atoms with Crippen molar-refractivity contribution in [2.75, 3.05) is 0 Å². The van der Waals surface area contributed by atoms with Gasteiger partial charge in [-0.15, -0.1) is 0 Å². The third-order valence-corrected chi connectivity index (χ3v) is 1.55. The molecule has 9 heavy (non-hydrogen) atoms. The maximum atomic E-state index is 9.28. The zero-order chi connectivity index (χ0) is 7.71. The van der Waals surface area contributed by atoms with E-state index in [0.29, 0.717) is 0 Å². The van der Waals surface area contributed by atoms with Gasteiger partial charge in [0.2, 0.25) is 0 Å². The van der Waals surface area contributed by atoms with Crippen molar-refractivity contribution in [3.63, 3.8) is 0 Å². The molecule has 0 amide bonds. The van der Waals surface area contributed by atoms with Crippen molar-refractivity contribution in [2.24, 2.45) is 0 Å². The molecule has 0 rings (SSSR count). The molecule has 9 heteroatoms. The van der Waals surface area contributed by atoms with E-state index in [1.165, 1.54) is 0 Å². The Hall–Kier alpha value is -0.201. The van der Waals surface area contributed by atoms with E-state index in [1.54, 1.807) is 0 Å². The van der Waals surface area contributed by atoms with Crippen LogP contribution in [0.4, 0.5) is 0 Å². The predicted octanol–water partition coefficient (Wildman–Crippen LogP) is -0.786. The number of hydrogen-bond donors (Lipinski definition) is 0. The first-order chi connectivity index (χ1) is 3.71. The van der Waals surface area contributed by atoms with Crippen molar-refractivity contribution in [1.82, 2.24) is 0 Å². The molecule has 0 heterocycles. The second kappa shape index (κ2) is 2.20. The van der Waals surface area contributed by atoms with Gasteiger partial charge in [-0.1, -0.05) is 0 Å². The van der Waals surface area contributed by atoms with Crippen LogP contribution in [0.25, 0.3) is 0 Å². The van der Waals surface area contributed by atoms with E-state index < -0.39 is 25.9 Å². The minimum atomic E-state index is -5.39. The third-order valence-electron chi connectivity index (χ3n) is 0.0909.